The maximum Gasteiger partial charge on any atom is 0.534 e. The molecule has 4 aromatic carbocycles. The van der Waals surface area contributed by atoms with Crippen LogP contribution in [0.2, 0.25) is 0 Å². The minimum atomic E-state index is -6.29. The van der Waals surface area contributed by atoms with Gasteiger partial charge in [-0.3, -0.25) is 47.0 Å². The number of carbonyl (C=O) groups is 2. The van der Waals surface area contributed by atoms with Gasteiger partial charge in [-0.2, -0.15) is 21.6 Å². The Morgan fingerprint density at radius 1 is 0.622 bits per heavy atom. The second kappa shape index (κ2) is 23.1. The lowest BCUT2D eigenvalue weighted by Gasteiger charge is -2.21. The zero-order chi connectivity index (χ0) is 60.2. The summed E-state index contributed by atoms with van der Waals surface area (Å²) < 4.78 is 104. The highest BCUT2D eigenvalue weighted by Crippen LogP contribution is 2.37. The van der Waals surface area contributed by atoms with E-state index in [4.69, 9.17) is 5.73 Å². The van der Waals surface area contributed by atoms with Gasteiger partial charge in [0.25, 0.3) is 22.2 Å². The summed E-state index contributed by atoms with van der Waals surface area (Å²) in [7, 11) is -3.72. The number of anilines is 5. The number of aromatic nitrogens is 6. The summed E-state index contributed by atoms with van der Waals surface area (Å²) in [6, 6.07) is 21.0. The summed E-state index contributed by atoms with van der Waals surface area (Å²) >= 11 is 3.78. The molecule has 2 fully saturated rings. The van der Waals surface area contributed by atoms with Crippen LogP contribution in [0.25, 0.3) is 33.4 Å². The van der Waals surface area contributed by atoms with E-state index < -0.39 is 95.0 Å². The van der Waals surface area contributed by atoms with Gasteiger partial charge in [0.15, 0.2) is 5.75 Å². The number of halogens is 7. The third-order valence-electron chi connectivity index (χ3n) is 12.9. The number of amides is 2. The van der Waals surface area contributed by atoms with E-state index in [2.05, 4.69) is 20.1 Å². The first-order valence-corrected chi connectivity index (χ1v) is 28.0. The number of nitrogens with one attached hydrogen (secondary N) is 3. The molecule has 4 heterocycles. The number of aryl methyl sites for hydroxylation is 2. The topological polar surface area (TPSA) is 272 Å². The van der Waals surface area contributed by atoms with Gasteiger partial charge in [-0.1, -0.05) is 12.1 Å². The summed E-state index contributed by atoms with van der Waals surface area (Å²) in [5.74, 6) is -3.08. The van der Waals surface area contributed by atoms with Crippen molar-refractivity contribution in [2.75, 3.05) is 21.7 Å². The highest BCUT2D eigenvalue weighted by Gasteiger charge is 2.49. The van der Waals surface area contributed by atoms with E-state index in [9.17, 15) is 64.3 Å². The predicted octanol–water partition coefficient (Wildman–Crippen LogP) is 7.63. The number of carbonyl (C=O) groups excluding carboxylic acids is 2. The van der Waals surface area contributed by atoms with Crippen molar-refractivity contribution in [1.29, 1.82) is 0 Å². The highest BCUT2D eigenvalue weighted by atomic mass is 127. The summed E-state index contributed by atoms with van der Waals surface area (Å²) in [6.45, 7) is 5.42. The minimum Gasteiger partial charge on any atom is -0.399 e. The van der Waals surface area contributed by atoms with Gasteiger partial charge in [0, 0.05) is 75.5 Å². The molecule has 430 valence electrons. The predicted molar refractivity (Wildman–Crippen MR) is 314 cm³/mol. The molecular formula is C53H47F5I2N10O11S. The fourth-order valence-corrected chi connectivity index (χ4v) is 10.3. The second-order valence-corrected chi connectivity index (χ2v) is 23.0. The molecule has 0 atom stereocenters. The van der Waals surface area contributed by atoms with Crippen LogP contribution in [0.3, 0.4) is 0 Å². The molecule has 0 saturated heterocycles. The molecule has 0 spiro atoms. The number of hydrogen-bond donors (Lipinski definition) is 4. The van der Waals surface area contributed by atoms with Crippen molar-refractivity contribution in [2.24, 2.45) is 14.1 Å². The molecule has 29 heteroatoms. The lowest BCUT2D eigenvalue weighted by molar-refractivity contribution is -0.115. The van der Waals surface area contributed by atoms with E-state index in [0.29, 0.717) is 59.0 Å². The van der Waals surface area contributed by atoms with Gasteiger partial charge in [-0.05, 0) is 158 Å². The molecule has 5 N–H and O–H groups in total. The SMILES string of the molecule is CC(=O)Nc1cccc(N)c1.CC(=O)Nc1cccc(Nc2c(C)c(=O)n(C)c3c2c(=O)n(C2CC2)c(=O)n3-c2ccc(I)cc2F)c1.Cc1c(OS(=O)(=O)C(F)(F)F)c2c(=O)n(C3CC3)c(=O)n(-c3ccc(I)cc3F)c2n(C)c1=O. The lowest BCUT2D eigenvalue weighted by Crippen LogP contribution is -2.42. The Kier molecular flexibility index (Phi) is 17.0. The zero-order valence-electron chi connectivity index (χ0n) is 43.9. The molecule has 8 aromatic rings. The average molecular weight is 1380 g/mol. The number of benzene rings is 4. The fraction of sp³-hybridized carbons (Fsp3) is 0.245. The van der Waals surface area contributed by atoms with Crippen LogP contribution in [-0.4, -0.2) is 53.1 Å². The zero-order valence-corrected chi connectivity index (χ0v) is 49.0. The van der Waals surface area contributed by atoms with E-state index in [-0.39, 0.29) is 45.8 Å². The van der Waals surface area contributed by atoms with Crippen molar-refractivity contribution >= 4 is 118 Å². The van der Waals surface area contributed by atoms with Crippen molar-refractivity contribution < 1.29 is 44.1 Å². The molecule has 2 amide bonds. The molecule has 0 aliphatic heterocycles. The molecule has 2 saturated carbocycles. The van der Waals surface area contributed by atoms with Gasteiger partial charge < -0.3 is 25.9 Å². The van der Waals surface area contributed by atoms with Crippen molar-refractivity contribution in [3.8, 4) is 17.1 Å². The molecule has 0 bridgehead atoms. The van der Waals surface area contributed by atoms with E-state index >= 15 is 4.39 Å². The third kappa shape index (κ3) is 12.0. The van der Waals surface area contributed by atoms with Gasteiger partial charge in [0.1, 0.15) is 33.7 Å². The molecule has 0 unspecified atom stereocenters. The number of fused-ring (bicyclic) bond motifs is 2. The van der Waals surface area contributed by atoms with E-state index in [1.54, 1.807) is 61.5 Å². The van der Waals surface area contributed by atoms with Crippen molar-refractivity contribution in [1.82, 2.24) is 27.4 Å². The highest BCUT2D eigenvalue weighted by molar-refractivity contribution is 14.1. The average Bonchev–Trinajstić information content (AvgIpc) is 3.42. The van der Waals surface area contributed by atoms with Crippen LogP contribution in [-0.2, 0) is 33.8 Å². The van der Waals surface area contributed by atoms with E-state index in [0.717, 1.165) is 39.4 Å². The van der Waals surface area contributed by atoms with Crippen LogP contribution in [0.1, 0.15) is 62.7 Å². The fourth-order valence-electron chi connectivity index (χ4n) is 8.88. The molecule has 2 aliphatic carbocycles. The summed E-state index contributed by atoms with van der Waals surface area (Å²) in [4.78, 5) is 102. The van der Waals surface area contributed by atoms with Gasteiger partial charge in [-0.25, -0.2) is 27.5 Å². The Morgan fingerprint density at radius 2 is 1.05 bits per heavy atom. The minimum absolute atomic E-state index is 0.0110. The Hall–Kier alpha value is -7.94. The van der Waals surface area contributed by atoms with Crippen LogP contribution in [0.15, 0.2) is 114 Å². The number of nitrogens with two attached hydrogens (primary N) is 1. The van der Waals surface area contributed by atoms with Gasteiger partial charge in [0.2, 0.25) is 11.8 Å². The van der Waals surface area contributed by atoms with Crippen molar-refractivity contribution in [3.05, 3.63) is 177 Å². The number of rotatable bonds is 10. The first-order chi connectivity index (χ1) is 38.4. The van der Waals surface area contributed by atoms with Crippen molar-refractivity contribution in [3.63, 3.8) is 0 Å². The van der Waals surface area contributed by atoms with Crippen LogP contribution in [0.4, 0.5) is 50.4 Å². The van der Waals surface area contributed by atoms with Crippen LogP contribution >= 0.6 is 45.2 Å². The monoisotopic (exact) mass is 1380 g/mol. The van der Waals surface area contributed by atoms with Gasteiger partial charge in [-0.15, -0.1) is 0 Å². The van der Waals surface area contributed by atoms with Crippen LogP contribution in [0, 0.1) is 32.6 Å². The molecular weight excluding hydrogens is 1330 g/mol. The largest absolute Gasteiger partial charge is 0.534 e. The summed E-state index contributed by atoms with van der Waals surface area (Å²) in [5.41, 5.74) is -4.12. The van der Waals surface area contributed by atoms with Crippen LogP contribution in [0.5, 0.6) is 5.75 Å². The van der Waals surface area contributed by atoms with Gasteiger partial charge in [0.05, 0.1) is 22.6 Å². The smallest absolute Gasteiger partial charge is 0.399 e. The van der Waals surface area contributed by atoms with E-state index in [1.165, 1.54) is 49.7 Å². The van der Waals surface area contributed by atoms with Crippen molar-refractivity contribution in [2.45, 2.75) is 71.0 Å². The molecule has 4 aromatic heterocycles. The number of hydrogen-bond acceptors (Lipinski definition) is 13. The first kappa shape index (κ1) is 60.2. The quantitative estimate of drug-likeness (QED) is 0.0338. The number of alkyl halides is 3. The summed E-state index contributed by atoms with van der Waals surface area (Å²) in [5, 5.41) is 7.79. The first-order valence-electron chi connectivity index (χ1n) is 24.4. The third-order valence-corrected chi connectivity index (χ3v) is 15.2. The van der Waals surface area contributed by atoms with Gasteiger partial charge >= 0.3 is 27.0 Å². The number of nitrogen functional groups attached to an aromatic ring is 1. The van der Waals surface area contributed by atoms with Crippen LogP contribution < -0.4 is 59.5 Å². The Morgan fingerprint density at radius 3 is 1.49 bits per heavy atom. The Balaban J connectivity index is 0.000000182. The summed E-state index contributed by atoms with van der Waals surface area (Å²) in [6.07, 6.45) is 2.08. The Bertz CT molecular complexity index is 4490. The van der Waals surface area contributed by atoms with E-state index in [1.807, 2.05) is 45.2 Å². The molecule has 82 heavy (non-hydrogen) atoms. The number of nitrogens with zero attached hydrogens (tertiary/aromatic N) is 6. The molecule has 10 rings (SSSR count). The molecule has 21 nitrogen and oxygen atoms in total. The second-order valence-electron chi connectivity index (χ2n) is 19.0. The maximum atomic E-state index is 15.2. The maximum absolute atomic E-state index is 15.2. The normalized spacial score (nSPS) is 13.2. The number of pyridine rings is 2. The standard InChI is InChI=1S/C26H23FIN5O4.C19H14F4IN3O6S.C8H10N2O/c1-13-22(30-17-6-4-5-16(12-17)29-14(2)34)21-23(31(3)24(13)35)33(20-10-7-15(28)11-19(20)27)26(37)32(25(21)36)18-8-9-18;1-8-14(33-34(31,32)19(21,22)23)13-15(25(2)16(8)28)27(12-6-3-9(24)7-11(12)20)18(30)26(17(13)29)10-4-5-10;1-6(11)10-8-4-2-3-7(9)5-8/h4-7,10-12,18,30H,8-9H2,1-3H3,(H,29,34);3,6-7,10H,4-5H2,1-2H3;2-5H,9H2,1H3,(H,10,11). The molecule has 0 radical (unpaired) electrons. The Labute approximate surface area is 487 Å². The molecule has 2 aliphatic rings. The lowest BCUT2D eigenvalue weighted by atomic mass is 10.1.